The van der Waals surface area contributed by atoms with Gasteiger partial charge < -0.3 is 28.4 Å². The summed E-state index contributed by atoms with van der Waals surface area (Å²) in [5.41, 5.74) is 6.58. The molecule has 0 aliphatic heterocycles. The Morgan fingerprint density at radius 1 is 0.458 bits per heavy atom. The van der Waals surface area contributed by atoms with E-state index in [4.69, 9.17) is 28.4 Å². The highest BCUT2D eigenvalue weighted by Crippen LogP contribution is 2.44. The molecule has 2 N–H and O–H groups in total. The number of allylic oxidation sites excluding steroid dienone is 2. The van der Waals surface area contributed by atoms with Crippen molar-refractivity contribution in [3.05, 3.63) is 245 Å². The molecule has 2 radical (unpaired) electrons. The Labute approximate surface area is 718 Å². The number of sulfone groups is 2. The van der Waals surface area contributed by atoms with Crippen molar-refractivity contribution in [2.45, 2.75) is 225 Å². The number of benzene rings is 8. The summed E-state index contributed by atoms with van der Waals surface area (Å²) in [6.45, 7) is 35.3. The standard InChI is InChI=1S/C92H120O16S6Si2.CH3B/c1-15-77(16-2)104-56-25-23-24-26-57-105-90-55-35-76(67-86(90)69(9)110-59-61-112(96,97)98)92(12,13)75-34-54-89(72(66-75)68-109-58-29-60-111(93,94)95)108-81-42-50-85(51-43-81)114(101,102)84-48-40-80(41-49-84)107-88-53-33-74(65-71(88)31-28-63-116(20-6,21-7)22-8)91(10,11)73-32-52-87(70(64-73)30-27-62-115(17-3,18-4)19-5)106-79-38-46-83(47-39-79)113(99,100)82-44-36-78(103-14)37-45-82;1-2/h15-16,32-55,64-67H,1,9,17-31,56-63,68H2,2-8,10-14H3,(H,93,94,95)(H,96,97,98);1H3/b77-16+;. The topological polar surface area (TPSA) is 232 Å². The second-order valence-electron chi connectivity index (χ2n) is 30.9. The number of ether oxygens (including phenoxy) is 6. The average Bonchev–Trinajstić information content (AvgIpc) is 0.787. The fraction of sp³-hybridized carbons (Fsp3) is 0.419. The Hall–Kier alpha value is -7.30. The molecule has 8 aromatic carbocycles. The lowest BCUT2D eigenvalue weighted by atomic mass is 9.76. The Morgan fingerprint density at radius 3 is 1.19 bits per heavy atom. The maximum Gasteiger partial charge on any atom is 0.265 e. The summed E-state index contributed by atoms with van der Waals surface area (Å²) in [6, 6.07) is 60.4. The van der Waals surface area contributed by atoms with Crippen LogP contribution in [-0.4, -0.2) is 110 Å². The molecule has 0 atom stereocenters. The molecule has 0 unspecified atom stereocenters. The van der Waals surface area contributed by atoms with E-state index in [9.17, 15) is 42.8 Å². The number of thioether (sulfide) groups is 2. The number of hydrogen-bond donors (Lipinski definition) is 2. The zero-order valence-electron chi connectivity index (χ0n) is 71.3. The first-order chi connectivity index (χ1) is 56.1. The first kappa shape index (κ1) is 97.8. The molecule has 638 valence electrons. The van der Waals surface area contributed by atoms with Gasteiger partial charge >= 0.3 is 0 Å². The van der Waals surface area contributed by atoms with E-state index in [1.165, 1.54) is 90.8 Å². The van der Waals surface area contributed by atoms with E-state index in [2.05, 4.69) is 127 Å². The van der Waals surface area contributed by atoms with Gasteiger partial charge in [0.05, 0.1) is 75.4 Å². The van der Waals surface area contributed by atoms with Crippen LogP contribution in [0.25, 0.3) is 4.91 Å². The maximum atomic E-state index is 14.5. The molecule has 0 saturated heterocycles. The highest BCUT2D eigenvalue weighted by atomic mass is 32.2. The van der Waals surface area contributed by atoms with Crippen LogP contribution in [0.1, 0.15) is 166 Å². The second kappa shape index (κ2) is 45.5. The summed E-state index contributed by atoms with van der Waals surface area (Å²) >= 11 is 2.69. The Morgan fingerprint density at radius 2 is 0.822 bits per heavy atom. The van der Waals surface area contributed by atoms with Gasteiger partial charge in [0, 0.05) is 38.4 Å². The predicted molar refractivity (Wildman–Crippen MR) is 495 cm³/mol. The zero-order chi connectivity index (χ0) is 86.5. The van der Waals surface area contributed by atoms with Crippen molar-refractivity contribution in [2.24, 2.45) is 0 Å². The lowest BCUT2D eigenvalue weighted by molar-refractivity contribution is 0.214. The monoisotopic (exact) mass is 1750 g/mol. The number of unbranched alkanes of at least 4 members (excludes halogenated alkanes) is 3. The van der Waals surface area contributed by atoms with E-state index in [1.54, 1.807) is 98.1 Å². The van der Waals surface area contributed by atoms with Gasteiger partial charge in [-0.1, -0.05) is 193 Å². The van der Waals surface area contributed by atoms with Crippen molar-refractivity contribution in [2.75, 3.05) is 43.3 Å². The molecule has 8 rings (SSSR count). The minimum Gasteiger partial charge on any atom is -0.497 e. The minimum atomic E-state index is -4.21. The fourth-order valence-corrected chi connectivity index (χ4v) is 27.6. The Balaban J connectivity index is 0.00000953. The van der Waals surface area contributed by atoms with Gasteiger partial charge in [-0.15, -0.1) is 11.8 Å². The van der Waals surface area contributed by atoms with E-state index in [-0.39, 0.29) is 37.5 Å². The van der Waals surface area contributed by atoms with Gasteiger partial charge in [-0.2, -0.15) is 28.6 Å². The summed E-state index contributed by atoms with van der Waals surface area (Å²) in [4.78, 5) is 1.06. The molecule has 0 heterocycles. The first-order valence-electron chi connectivity index (χ1n) is 41.1. The van der Waals surface area contributed by atoms with Crippen LogP contribution >= 0.6 is 23.5 Å². The van der Waals surface area contributed by atoms with Gasteiger partial charge in [0.2, 0.25) is 19.7 Å². The van der Waals surface area contributed by atoms with Crippen molar-refractivity contribution in [1.82, 2.24) is 0 Å². The Kier molecular flexibility index (Phi) is 37.8. The van der Waals surface area contributed by atoms with Gasteiger partial charge in [0.15, 0.2) is 0 Å². The molecule has 0 fully saturated rings. The smallest absolute Gasteiger partial charge is 0.265 e. The van der Waals surface area contributed by atoms with Crippen LogP contribution < -0.4 is 23.7 Å². The molecule has 118 heavy (non-hydrogen) atoms. The van der Waals surface area contributed by atoms with E-state index in [1.807, 2.05) is 49.4 Å². The molecule has 0 aliphatic carbocycles. The van der Waals surface area contributed by atoms with Crippen molar-refractivity contribution in [1.29, 1.82) is 0 Å². The van der Waals surface area contributed by atoms with Crippen LogP contribution in [-0.2, 0) is 74.1 Å². The fourth-order valence-electron chi connectivity index (χ4n) is 14.7. The van der Waals surface area contributed by atoms with Crippen molar-refractivity contribution >= 4 is 92.3 Å². The molecular formula is C93H123BO16S6Si2. The van der Waals surface area contributed by atoms with E-state index in [0.29, 0.717) is 75.4 Å². The highest BCUT2D eigenvalue weighted by molar-refractivity contribution is 8.08. The van der Waals surface area contributed by atoms with E-state index >= 15 is 0 Å². The number of rotatable bonds is 50. The normalized spacial score (nSPS) is 12.5. The third kappa shape index (κ3) is 27.6. The summed E-state index contributed by atoms with van der Waals surface area (Å²) in [7, 11) is -13.1. The minimum absolute atomic E-state index is 0.0603. The zero-order valence-corrected chi connectivity index (χ0v) is 78.2. The molecule has 0 spiro atoms. The number of methoxy groups -OCH3 is 1. The van der Waals surface area contributed by atoms with Crippen molar-refractivity contribution in [3.8, 4) is 46.0 Å². The SMILES string of the molecule is C=C/C(=C\C)OCCCCCCOc1ccc(C(C)(C)c2ccc(Oc3ccc(S(=O)(=O)c4ccc(Oc5ccc(C(C)(C)c6ccc(Oc7ccc(S(=O)(=O)c8ccc(OC)cc8)cc7)c(CCC[Si](CC)(CC)CC)c6)cc5CCC[Si](CC)(CC)CC)cc4)cc3)c(CSCCCS(=O)(=O)O)c2)cc1C(=C)SCCS(=O)(=O)O.[B]C. The third-order valence-electron chi connectivity index (χ3n) is 23.2. The van der Waals surface area contributed by atoms with Crippen molar-refractivity contribution < 1.29 is 71.2 Å². The predicted octanol–water partition coefficient (Wildman–Crippen LogP) is 24.6. The average molecular weight is 1760 g/mol. The summed E-state index contributed by atoms with van der Waals surface area (Å²) < 4.78 is 160. The largest absolute Gasteiger partial charge is 0.497 e. The summed E-state index contributed by atoms with van der Waals surface area (Å²) in [5.74, 6) is 5.34. The Bertz CT molecular complexity index is 5070. The van der Waals surface area contributed by atoms with Crippen LogP contribution in [0.5, 0.6) is 46.0 Å². The van der Waals surface area contributed by atoms with Crippen LogP contribution in [0.15, 0.2) is 221 Å². The van der Waals surface area contributed by atoms with Gasteiger partial charge in [-0.3, -0.25) is 9.11 Å². The first-order valence-corrected chi connectivity index (χ1v) is 55.1. The van der Waals surface area contributed by atoms with Crippen LogP contribution in [0, 0.1) is 0 Å². The molecule has 0 aromatic heterocycles. The summed E-state index contributed by atoms with van der Waals surface area (Å²) in [5, 5.41) is 0. The maximum absolute atomic E-state index is 14.5. The molecule has 8 aromatic rings. The van der Waals surface area contributed by atoms with Gasteiger partial charge in [0.1, 0.15) is 51.8 Å². The highest BCUT2D eigenvalue weighted by Gasteiger charge is 2.32. The second-order valence-corrected chi connectivity index (χ2v) is 51.5. The summed E-state index contributed by atoms with van der Waals surface area (Å²) in [6.07, 6.45) is 11.0. The van der Waals surface area contributed by atoms with Gasteiger partial charge in [-0.05, 0) is 231 Å². The molecule has 0 saturated carbocycles. The van der Waals surface area contributed by atoms with Gasteiger partial charge in [-0.25, -0.2) is 16.8 Å². The molecular weight excluding hydrogens is 1630 g/mol. The quantitative estimate of drug-likeness (QED) is 0.0119. The van der Waals surface area contributed by atoms with Crippen LogP contribution in [0.2, 0.25) is 55.2 Å². The number of aryl methyl sites for hydroxylation is 2. The molecule has 0 amide bonds. The van der Waals surface area contributed by atoms with Crippen molar-refractivity contribution in [3.63, 3.8) is 0 Å². The lowest BCUT2D eigenvalue weighted by Gasteiger charge is -2.30. The third-order valence-corrected chi connectivity index (χ3v) is 42.5. The van der Waals surface area contributed by atoms with Gasteiger partial charge in [0.25, 0.3) is 20.2 Å². The van der Waals surface area contributed by atoms with Crippen LogP contribution in [0.4, 0.5) is 0 Å². The molecule has 16 nitrogen and oxygen atoms in total. The molecule has 0 aliphatic rings. The number of hydrogen-bond acceptors (Lipinski definition) is 16. The lowest BCUT2D eigenvalue weighted by Crippen LogP contribution is -2.31. The van der Waals surface area contributed by atoms with E-state index in [0.717, 1.165) is 102 Å². The molecule has 25 heteroatoms. The van der Waals surface area contributed by atoms with Crippen LogP contribution in [0.3, 0.4) is 0 Å². The van der Waals surface area contributed by atoms with E-state index < -0.39 is 72.6 Å². The molecule has 0 bridgehead atoms.